The first-order valence-electron chi connectivity index (χ1n) is 3.83. The summed E-state index contributed by atoms with van der Waals surface area (Å²) in [7, 11) is -3.51. The summed E-state index contributed by atoms with van der Waals surface area (Å²) in [5, 5.41) is 0. The number of nitrogens with zero attached hydrogens (tertiary/aromatic N) is 1. The van der Waals surface area contributed by atoms with Gasteiger partial charge in [0.2, 0.25) is 5.91 Å². The fourth-order valence-corrected chi connectivity index (χ4v) is 1.29. The van der Waals surface area contributed by atoms with Crippen molar-refractivity contribution < 1.29 is 13.2 Å². The lowest BCUT2D eigenvalue weighted by Crippen LogP contribution is -2.36. The maximum atomic E-state index is 10.9. The smallest absolute Gasteiger partial charge is 0.219 e. The number of carbonyl (C=O) groups excluding carboxylic acids is 1. The van der Waals surface area contributed by atoms with Crippen molar-refractivity contribution in [1.29, 1.82) is 0 Å². The van der Waals surface area contributed by atoms with E-state index >= 15 is 0 Å². The molecule has 0 spiro atoms. The van der Waals surface area contributed by atoms with E-state index in [1.165, 1.54) is 11.8 Å². The van der Waals surface area contributed by atoms with Gasteiger partial charge in [0, 0.05) is 26.6 Å². The summed E-state index contributed by atoms with van der Waals surface area (Å²) in [6.07, 6.45) is 4.78. The minimum Gasteiger partial charge on any atom is -0.341 e. The molecule has 0 aliphatic rings. The SMILES string of the molecule is [CH]S(=O)(=O)CCN(CCN)C(C)=O. The first-order valence-corrected chi connectivity index (χ1v) is 5.54. The summed E-state index contributed by atoms with van der Waals surface area (Å²) in [6, 6.07) is 0. The number of nitrogens with two attached hydrogens (primary N) is 1. The number of amides is 1. The number of hydrogen-bond acceptors (Lipinski definition) is 4. The molecule has 0 fully saturated rings. The van der Waals surface area contributed by atoms with Crippen LogP contribution in [0.1, 0.15) is 6.92 Å². The molecule has 0 aliphatic carbocycles. The Morgan fingerprint density at radius 2 is 2.00 bits per heavy atom. The van der Waals surface area contributed by atoms with E-state index < -0.39 is 9.84 Å². The van der Waals surface area contributed by atoms with Gasteiger partial charge in [0.1, 0.15) is 0 Å². The van der Waals surface area contributed by atoms with E-state index in [4.69, 9.17) is 12.0 Å². The highest BCUT2D eigenvalue weighted by Gasteiger charge is 2.10. The molecule has 0 saturated carbocycles. The molecule has 76 valence electrons. The maximum Gasteiger partial charge on any atom is 0.219 e. The van der Waals surface area contributed by atoms with Crippen LogP contribution in [-0.4, -0.2) is 44.6 Å². The largest absolute Gasteiger partial charge is 0.341 e. The second kappa shape index (κ2) is 5.18. The van der Waals surface area contributed by atoms with Crippen LogP contribution < -0.4 is 5.73 Å². The molecule has 2 radical (unpaired) electrons. The van der Waals surface area contributed by atoms with Crippen molar-refractivity contribution in [2.24, 2.45) is 5.73 Å². The molecule has 0 saturated heterocycles. The van der Waals surface area contributed by atoms with Gasteiger partial charge in [0.15, 0.2) is 9.84 Å². The summed E-state index contributed by atoms with van der Waals surface area (Å²) in [6.45, 7) is 2.12. The van der Waals surface area contributed by atoms with Gasteiger partial charge in [0.05, 0.1) is 12.0 Å². The van der Waals surface area contributed by atoms with Gasteiger partial charge in [-0.3, -0.25) is 4.79 Å². The summed E-state index contributed by atoms with van der Waals surface area (Å²) in [5.74, 6) is -0.429. The van der Waals surface area contributed by atoms with E-state index in [9.17, 15) is 13.2 Å². The lowest BCUT2D eigenvalue weighted by molar-refractivity contribution is -0.128. The molecule has 0 aliphatic heterocycles. The molecule has 0 heterocycles. The average Bonchev–Trinajstić information content (AvgIpc) is 1.95. The molecule has 0 unspecified atom stereocenters. The molecule has 1 amide bonds. The van der Waals surface area contributed by atoms with Gasteiger partial charge in [-0.2, -0.15) is 0 Å². The highest BCUT2D eigenvalue weighted by Crippen LogP contribution is 1.92. The van der Waals surface area contributed by atoms with Gasteiger partial charge >= 0.3 is 0 Å². The first kappa shape index (κ1) is 12.4. The van der Waals surface area contributed by atoms with Gasteiger partial charge in [-0.25, -0.2) is 8.42 Å². The fourth-order valence-electron chi connectivity index (χ4n) is 0.820. The van der Waals surface area contributed by atoms with Gasteiger partial charge in [0.25, 0.3) is 0 Å². The second-order valence-electron chi connectivity index (χ2n) is 2.66. The van der Waals surface area contributed by atoms with Crippen molar-refractivity contribution in [1.82, 2.24) is 4.90 Å². The second-order valence-corrected chi connectivity index (χ2v) is 4.40. The van der Waals surface area contributed by atoms with Gasteiger partial charge in [-0.05, 0) is 0 Å². The van der Waals surface area contributed by atoms with Crippen LogP contribution in [0.25, 0.3) is 0 Å². The number of carbonyl (C=O) groups is 1. The van der Waals surface area contributed by atoms with Crippen LogP contribution in [0.2, 0.25) is 0 Å². The zero-order chi connectivity index (χ0) is 10.5. The molecule has 0 aromatic carbocycles. The molecule has 5 nitrogen and oxygen atoms in total. The minimum absolute atomic E-state index is 0.103. The average molecular weight is 206 g/mol. The Bertz CT molecular complexity index is 261. The zero-order valence-corrected chi connectivity index (χ0v) is 8.38. The Morgan fingerprint density at radius 1 is 1.46 bits per heavy atom. The van der Waals surface area contributed by atoms with Gasteiger partial charge in [-0.1, -0.05) is 0 Å². The molecule has 0 atom stereocenters. The fraction of sp³-hybridized carbons (Fsp3) is 0.714. The highest BCUT2D eigenvalue weighted by atomic mass is 32.2. The molecule has 2 N–H and O–H groups in total. The van der Waals surface area contributed by atoms with E-state index in [2.05, 4.69) is 0 Å². The van der Waals surface area contributed by atoms with Crippen molar-refractivity contribution in [2.75, 3.05) is 25.4 Å². The van der Waals surface area contributed by atoms with Crippen LogP contribution >= 0.6 is 0 Å². The topological polar surface area (TPSA) is 80.5 Å². The quantitative estimate of drug-likeness (QED) is 0.617. The molecular formula is C7H14N2O3S. The van der Waals surface area contributed by atoms with Gasteiger partial charge < -0.3 is 10.6 Å². The predicted molar refractivity (Wildman–Crippen MR) is 49.4 cm³/mol. The van der Waals surface area contributed by atoms with Crippen LogP contribution in [-0.2, 0) is 14.6 Å². The Hall–Kier alpha value is -0.620. The standard InChI is InChI=1S/C7H14N2O3S/c1-7(10)9(4-3-8)5-6-13(2,11)12/h2H,3-6,8H2,1H3. The lowest BCUT2D eigenvalue weighted by atomic mass is 10.4. The van der Waals surface area contributed by atoms with E-state index in [1.807, 2.05) is 0 Å². The predicted octanol–water partition coefficient (Wildman–Crippen LogP) is -1.12. The van der Waals surface area contributed by atoms with Crippen molar-refractivity contribution in [2.45, 2.75) is 6.92 Å². The molecular weight excluding hydrogens is 192 g/mol. The molecule has 6 heteroatoms. The Morgan fingerprint density at radius 3 is 2.31 bits per heavy atom. The summed E-state index contributed by atoms with van der Waals surface area (Å²) >= 11 is 0. The van der Waals surface area contributed by atoms with Crippen LogP contribution in [0.5, 0.6) is 0 Å². The van der Waals surface area contributed by atoms with Crippen LogP contribution in [0.3, 0.4) is 0 Å². The van der Waals surface area contributed by atoms with Crippen molar-refractivity contribution in [3.63, 3.8) is 0 Å². The van der Waals surface area contributed by atoms with Crippen molar-refractivity contribution in [3.05, 3.63) is 6.26 Å². The normalized spacial score (nSPS) is 11.3. The summed E-state index contributed by atoms with van der Waals surface area (Å²) in [5.41, 5.74) is 5.23. The van der Waals surface area contributed by atoms with Crippen molar-refractivity contribution in [3.8, 4) is 0 Å². The lowest BCUT2D eigenvalue weighted by Gasteiger charge is -2.19. The maximum absolute atomic E-state index is 10.9. The van der Waals surface area contributed by atoms with E-state index in [-0.39, 0.29) is 18.2 Å². The van der Waals surface area contributed by atoms with Crippen LogP contribution in [0, 0.1) is 6.26 Å². The number of hydrogen-bond donors (Lipinski definition) is 1. The molecule has 0 rings (SSSR count). The highest BCUT2D eigenvalue weighted by molar-refractivity contribution is 7.92. The van der Waals surface area contributed by atoms with Crippen molar-refractivity contribution >= 4 is 15.7 Å². The van der Waals surface area contributed by atoms with E-state index in [0.29, 0.717) is 13.1 Å². The minimum atomic E-state index is -3.51. The number of rotatable bonds is 5. The third-order valence-corrected chi connectivity index (χ3v) is 2.24. The van der Waals surface area contributed by atoms with E-state index in [1.54, 1.807) is 0 Å². The third-order valence-electron chi connectivity index (χ3n) is 1.49. The number of sulfone groups is 1. The Kier molecular flexibility index (Phi) is 4.94. The molecule has 13 heavy (non-hydrogen) atoms. The van der Waals surface area contributed by atoms with Gasteiger partial charge in [-0.15, -0.1) is 0 Å². The molecule has 0 aromatic heterocycles. The monoisotopic (exact) mass is 206 g/mol. The third kappa shape index (κ3) is 6.53. The Balaban J connectivity index is 4.05. The summed E-state index contributed by atoms with van der Waals surface area (Å²) < 4.78 is 21.1. The zero-order valence-electron chi connectivity index (χ0n) is 7.56. The van der Waals surface area contributed by atoms with E-state index in [0.717, 1.165) is 0 Å². The Labute approximate surface area is 78.8 Å². The molecule has 0 bridgehead atoms. The first-order chi connectivity index (χ1) is 5.87. The summed E-state index contributed by atoms with van der Waals surface area (Å²) in [4.78, 5) is 12.2. The molecule has 0 aromatic rings. The van der Waals surface area contributed by atoms with Crippen LogP contribution in [0.4, 0.5) is 0 Å². The van der Waals surface area contributed by atoms with Crippen LogP contribution in [0.15, 0.2) is 0 Å².